The van der Waals surface area contributed by atoms with Crippen LogP contribution in [0, 0.1) is 5.82 Å². The molecule has 0 bridgehead atoms. The molecule has 0 aliphatic heterocycles. The molecular formula is C16H17BrFNO. The van der Waals surface area contributed by atoms with Crippen LogP contribution in [0.5, 0.6) is 5.75 Å². The Morgan fingerprint density at radius 1 is 1.20 bits per heavy atom. The minimum Gasteiger partial charge on any atom is -0.494 e. The normalized spacial score (nSPS) is 12.2. The second-order valence-corrected chi connectivity index (χ2v) is 5.46. The summed E-state index contributed by atoms with van der Waals surface area (Å²) in [5.74, 6) is 0.590. The van der Waals surface area contributed by atoms with E-state index in [0.29, 0.717) is 18.6 Å². The molecule has 2 rings (SSSR count). The molecule has 0 spiro atoms. The second kappa shape index (κ2) is 6.86. The monoisotopic (exact) mass is 337 g/mol. The Morgan fingerprint density at radius 2 is 1.90 bits per heavy atom. The van der Waals surface area contributed by atoms with Gasteiger partial charge >= 0.3 is 0 Å². The number of hydrogen-bond acceptors (Lipinski definition) is 2. The Hall–Kier alpha value is -1.39. The van der Waals surface area contributed by atoms with Gasteiger partial charge in [-0.15, -0.1) is 0 Å². The Labute approximate surface area is 126 Å². The Balaban J connectivity index is 2.11. The third kappa shape index (κ3) is 3.81. The molecule has 0 amide bonds. The molecule has 1 atom stereocenters. The van der Waals surface area contributed by atoms with E-state index in [1.165, 1.54) is 6.07 Å². The molecule has 0 fully saturated rings. The minimum absolute atomic E-state index is 0.227. The maximum absolute atomic E-state index is 13.7. The summed E-state index contributed by atoms with van der Waals surface area (Å²) in [5, 5.41) is 0. The van der Waals surface area contributed by atoms with Crippen molar-refractivity contribution in [3.63, 3.8) is 0 Å². The van der Waals surface area contributed by atoms with Gasteiger partial charge in [-0.1, -0.05) is 28.1 Å². The highest BCUT2D eigenvalue weighted by Gasteiger charge is 2.11. The topological polar surface area (TPSA) is 35.2 Å². The van der Waals surface area contributed by atoms with E-state index in [1.54, 1.807) is 12.1 Å². The van der Waals surface area contributed by atoms with Crippen LogP contribution >= 0.6 is 15.9 Å². The summed E-state index contributed by atoms with van der Waals surface area (Å²) in [4.78, 5) is 0. The van der Waals surface area contributed by atoms with Crippen LogP contribution in [0.4, 0.5) is 4.39 Å². The predicted molar refractivity (Wildman–Crippen MR) is 82.3 cm³/mol. The van der Waals surface area contributed by atoms with Crippen molar-refractivity contribution in [1.82, 2.24) is 0 Å². The van der Waals surface area contributed by atoms with Crippen LogP contribution < -0.4 is 10.5 Å². The lowest BCUT2D eigenvalue weighted by Gasteiger charge is -2.14. The van der Waals surface area contributed by atoms with Crippen molar-refractivity contribution in [2.24, 2.45) is 5.73 Å². The molecule has 2 nitrogen and oxygen atoms in total. The Kier molecular flexibility index (Phi) is 5.15. The summed E-state index contributed by atoms with van der Waals surface area (Å²) >= 11 is 3.35. The zero-order valence-electron chi connectivity index (χ0n) is 11.3. The third-order valence-corrected chi connectivity index (χ3v) is 3.56. The van der Waals surface area contributed by atoms with Crippen LogP contribution in [0.1, 0.15) is 24.1 Å². The fraction of sp³-hybridized carbons (Fsp3) is 0.250. The summed E-state index contributed by atoms with van der Waals surface area (Å²) in [5.41, 5.74) is 7.72. The van der Waals surface area contributed by atoms with E-state index >= 15 is 0 Å². The van der Waals surface area contributed by atoms with Crippen LogP contribution in [0.2, 0.25) is 0 Å². The molecule has 106 valence electrons. The van der Waals surface area contributed by atoms with Crippen molar-refractivity contribution >= 4 is 15.9 Å². The summed E-state index contributed by atoms with van der Waals surface area (Å²) in [6, 6.07) is 12.3. The van der Waals surface area contributed by atoms with Crippen molar-refractivity contribution in [3.8, 4) is 5.75 Å². The van der Waals surface area contributed by atoms with E-state index < -0.39 is 0 Å². The van der Waals surface area contributed by atoms with Gasteiger partial charge in [0.1, 0.15) is 11.6 Å². The van der Waals surface area contributed by atoms with Gasteiger partial charge in [-0.2, -0.15) is 0 Å². The molecule has 0 aliphatic carbocycles. The van der Waals surface area contributed by atoms with E-state index in [-0.39, 0.29) is 11.9 Å². The average molecular weight is 338 g/mol. The summed E-state index contributed by atoms with van der Waals surface area (Å²) in [6.07, 6.45) is 0.458. The second-order valence-electron chi connectivity index (χ2n) is 4.55. The lowest BCUT2D eigenvalue weighted by molar-refractivity contribution is 0.340. The van der Waals surface area contributed by atoms with Crippen LogP contribution in [0.25, 0.3) is 0 Å². The molecule has 0 heterocycles. The Morgan fingerprint density at radius 3 is 2.55 bits per heavy atom. The Bertz CT molecular complexity index is 571. The maximum atomic E-state index is 13.7. The number of nitrogens with two attached hydrogens (primary N) is 1. The van der Waals surface area contributed by atoms with Gasteiger partial charge in [-0.05, 0) is 54.8 Å². The van der Waals surface area contributed by atoms with Crippen molar-refractivity contribution in [2.75, 3.05) is 6.61 Å². The SMILES string of the molecule is CCOc1ccc(C(N)Cc2cc(Br)ccc2F)cc1. The molecule has 0 aliphatic rings. The molecule has 0 saturated heterocycles. The van der Waals surface area contributed by atoms with Crippen LogP contribution in [-0.2, 0) is 6.42 Å². The highest BCUT2D eigenvalue weighted by Crippen LogP contribution is 2.23. The first-order chi connectivity index (χ1) is 9.60. The first-order valence-electron chi connectivity index (χ1n) is 6.52. The number of ether oxygens (including phenoxy) is 1. The molecule has 2 aromatic rings. The number of hydrogen-bond donors (Lipinski definition) is 1. The molecule has 1 unspecified atom stereocenters. The summed E-state index contributed by atoms with van der Waals surface area (Å²) < 4.78 is 20.0. The minimum atomic E-state index is -0.241. The van der Waals surface area contributed by atoms with Gasteiger partial charge in [-0.25, -0.2) is 4.39 Å². The fourth-order valence-corrected chi connectivity index (χ4v) is 2.44. The largest absolute Gasteiger partial charge is 0.494 e. The van der Waals surface area contributed by atoms with E-state index in [0.717, 1.165) is 15.8 Å². The van der Waals surface area contributed by atoms with Gasteiger partial charge in [0, 0.05) is 10.5 Å². The van der Waals surface area contributed by atoms with E-state index in [4.69, 9.17) is 10.5 Å². The van der Waals surface area contributed by atoms with Gasteiger partial charge in [0.2, 0.25) is 0 Å². The van der Waals surface area contributed by atoms with Crippen LogP contribution in [0.3, 0.4) is 0 Å². The molecule has 2 N–H and O–H groups in total. The number of benzene rings is 2. The van der Waals surface area contributed by atoms with Gasteiger partial charge in [-0.3, -0.25) is 0 Å². The maximum Gasteiger partial charge on any atom is 0.126 e. The molecule has 0 radical (unpaired) electrons. The lowest BCUT2D eigenvalue weighted by atomic mass is 9.99. The lowest BCUT2D eigenvalue weighted by Crippen LogP contribution is -2.14. The summed E-state index contributed by atoms with van der Waals surface area (Å²) in [6.45, 7) is 2.57. The number of halogens is 2. The molecule has 2 aromatic carbocycles. The van der Waals surface area contributed by atoms with Crippen LogP contribution in [0.15, 0.2) is 46.9 Å². The van der Waals surface area contributed by atoms with Crippen LogP contribution in [-0.4, -0.2) is 6.61 Å². The van der Waals surface area contributed by atoms with Gasteiger partial charge in [0.15, 0.2) is 0 Å². The predicted octanol–water partition coefficient (Wildman–Crippen LogP) is 4.23. The fourth-order valence-electron chi connectivity index (χ4n) is 2.03. The first kappa shape index (κ1) is 15.0. The molecule has 0 saturated carbocycles. The zero-order valence-corrected chi connectivity index (χ0v) is 12.9. The van der Waals surface area contributed by atoms with Crippen molar-refractivity contribution < 1.29 is 9.13 Å². The smallest absolute Gasteiger partial charge is 0.126 e. The zero-order chi connectivity index (χ0) is 14.5. The highest BCUT2D eigenvalue weighted by atomic mass is 79.9. The first-order valence-corrected chi connectivity index (χ1v) is 7.31. The molecule has 4 heteroatoms. The quantitative estimate of drug-likeness (QED) is 0.886. The standard InChI is InChI=1S/C16H17BrFNO/c1-2-20-14-6-3-11(4-7-14)16(19)10-12-9-13(17)5-8-15(12)18/h3-9,16H,2,10,19H2,1H3. The third-order valence-electron chi connectivity index (χ3n) is 3.07. The van der Waals surface area contributed by atoms with E-state index in [9.17, 15) is 4.39 Å². The summed E-state index contributed by atoms with van der Waals surface area (Å²) in [7, 11) is 0. The van der Waals surface area contributed by atoms with E-state index in [2.05, 4.69) is 15.9 Å². The van der Waals surface area contributed by atoms with Gasteiger partial charge < -0.3 is 10.5 Å². The highest BCUT2D eigenvalue weighted by molar-refractivity contribution is 9.10. The molecule has 20 heavy (non-hydrogen) atoms. The average Bonchev–Trinajstić information content (AvgIpc) is 2.44. The number of rotatable bonds is 5. The molecule has 0 aromatic heterocycles. The van der Waals surface area contributed by atoms with Crippen molar-refractivity contribution in [3.05, 3.63) is 63.9 Å². The van der Waals surface area contributed by atoms with Gasteiger partial charge in [0.25, 0.3) is 0 Å². The van der Waals surface area contributed by atoms with Crippen molar-refractivity contribution in [1.29, 1.82) is 0 Å². The van der Waals surface area contributed by atoms with Crippen molar-refractivity contribution in [2.45, 2.75) is 19.4 Å². The van der Waals surface area contributed by atoms with E-state index in [1.807, 2.05) is 31.2 Å². The van der Waals surface area contributed by atoms with Gasteiger partial charge in [0.05, 0.1) is 6.61 Å². The molecular weight excluding hydrogens is 321 g/mol.